The van der Waals surface area contributed by atoms with Crippen molar-refractivity contribution >= 4 is 11.0 Å². The van der Waals surface area contributed by atoms with Gasteiger partial charge in [0.1, 0.15) is 36.3 Å². The summed E-state index contributed by atoms with van der Waals surface area (Å²) in [5.74, 6) is 1.59. The smallest absolute Gasteiger partial charge is 0.140 e. The number of imidazole rings is 2. The molecule has 0 saturated heterocycles. The molecule has 150 valence electrons. The lowest BCUT2D eigenvalue weighted by Gasteiger charge is -2.09. The summed E-state index contributed by atoms with van der Waals surface area (Å²) in [6.45, 7) is 4.90. The Kier molecular flexibility index (Phi) is 6.13. The zero-order valence-corrected chi connectivity index (χ0v) is 16.3. The van der Waals surface area contributed by atoms with Gasteiger partial charge < -0.3 is 14.2 Å². The molecule has 8 heteroatoms. The van der Waals surface area contributed by atoms with Crippen molar-refractivity contribution in [3.05, 3.63) is 61.6 Å². The average molecular weight is 393 g/mol. The Morgan fingerprint density at radius 3 is 2.55 bits per heavy atom. The maximum absolute atomic E-state index is 5.73. The fourth-order valence-corrected chi connectivity index (χ4v) is 2.93. The summed E-state index contributed by atoms with van der Waals surface area (Å²) < 4.78 is 20.3. The van der Waals surface area contributed by atoms with Gasteiger partial charge in [0.05, 0.1) is 31.5 Å². The number of ether oxygens (including phenoxy) is 3. The highest BCUT2D eigenvalue weighted by atomic mass is 16.5. The lowest BCUT2D eigenvalue weighted by molar-refractivity contribution is 0.0405. The van der Waals surface area contributed by atoms with Gasteiger partial charge in [0.15, 0.2) is 0 Å². The molecule has 3 heterocycles. The van der Waals surface area contributed by atoms with Crippen LogP contribution < -0.4 is 4.74 Å². The number of hydrogen-bond donors (Lipinski definition) is 0. The summed E-state index contributed by atoms with van der Waals surface area (Å²) >= 11 is 0. The Labute approximate surface area is 168 Å². The van der Waals surface area contributed by atoms with E-state index < -0.39 is 0 Å². The van der Waals surface area contributed by atoms with Crippen molar-refractivity contribution in [2.75, 3.05) is 33.0 Å². The van der Waals surface area contributed by atoms with Crippen LogP contribution in [0.4, 0.5) is 0 Å². The minimum atomic E-state index is 0.499. The number of benzene rings is 1. The first-order valence-corrected chi connectivity index (χ1v) is 9.55. The molecule has 0 bridgehead atoms. The molecule has 8 nitrogen and oxygen atoms in total. The molecule has 0 fully saturated rings. The van der Waals surface area contributed by atoms with Gasteiger partial charge in [-0.05, 0) is 31.2 Å². The standard InChI is InChI=1S/C21H23N5O3/c1-2-27-9-10-28-11-12-29-18-5-3-17(4-6-18)26-16-24-19-14-23-21(13-20(19)26)25-8-7-22-15-25/h3-8,13-16H,2,9-12H2,1H3. The SMILES string of the molecule is CCOCCOCCOc1ccc(-n2cnc3cnc(-n4ccnc4)cc32)cc1. The van der Waals surface area contributed by atoms with E-state index >= 15 is 0 Å². The summed E-state index contributed by atoms with van der Waals surface area (Å²) in [5, 5.41) is 0. The Hall–Kier alpha value is -3.23. The molecule has 0 N–H and O–H groups in total. The van der Waals surface area contributed by atoms with E-state index in [1.165, 1.54) is 0 Å². The number of rotatable bonds is 10. The van der Waals surface area contributed by atoms with Gasteiger partial charge in [-0.3, -0.25) is 9.13 Å². The van der Waals surface area contributed by atoms with Gasteiger partial charge in [0, 0.05) is 30.8 Å². The van der Waals surface area contributed by atoms with Crippen molar-refractivity contribution in [3.63, 3.8) is 0 Å². The molecular formula is C21H23N5O3. The number of fused-ring (bicyclic) bond motifs is 1. The molecule has 4 rings (SSSR count). The van der Waals surface area contributed by atoms with Crippen molar-refractivity contribution < 1.29 is 14.2 Å². The van der Waals surface area contributed by atoms with Crippen LogP contribution in [0.25, 0.3) is 22.5 Å². The summed E-state index contributed by atoms with van der Waals surface area (Å²) in [4.78, 5) is 13.0. The molecule has 29 heavy (non-hydrogen) atoms. The second-order valence-electron chi connectivity index (χ2n) is 6.27. The van der Waals surface area contributed by atoms with E-state index in [0.717, 1.165) is 28.3 Å². The van der Waals surface area contributed by atoms with Gasteiger partial charge in [0.25, 0.3) is 0 Å². The van der Waals surface area contributed by atoms with E-state index in [0.29, 0.717) is 33.0 Å². The fourth-order valence-electron chi connectivity index (χ4n) is 2.93. The number of aromatic nitrogens is 5. The molecular weight excluding hydrogens is 370 g/mol. The van der Waals surface area contributed by atoms with Crippen LogP contribution >= 0.6 is 0 Å². The molecule has 0 unspecified atom stereocenters. The molecule has 0 radical (unpaired) electrons. The van der Waals surface area contributed by atoms with E-state index in [1.54, 1.807) is 25.0 Å². The first-order valence-electron chi connectivity index (χ1n) is 9.55. The van der Waals surface area contributed by atoms with E-state index in [9.17, 15) is 0 Å². The molecule has 0 aliphatic heterocycles. The van der Waals surface area contributed by atoms with Crippen molar-refractivity contribution in [2.24, 2.45) is 0 Å². The molecule has 0 atom stereocenters. The van der Waals surface area contributed by atoms with Crippen LogP contribution in [0, 0.1) is 0 Å². The zero-order chi connectivity index (χ0) is 19.9. The van der Waals surface area contributed by atoms with Gasteiger partial charge in [0.2, 0.25) is 0 Å². The van der Waals surface area contributed by atoms with Crippen LogP contribution in [0.2, 0.25) is 0 Å². The van der Waals surface area contributed by atoms with E-state index in [2.05, 4.69) is 15.0 Å². The summed E-state index contributed by atoms with van der Waals surface area (Å²) in [6, 6.07) is 9.89. The highest BCUT2D eigenvalue weighted by Gasteiger charge is 2.08. The molecule has 0 spiro atoms. The quantitative estimate of drug-likeness (QED) is 0.386. The topological polar surface area (TPSA) is 76.2 Å². The Morgan fingerprint density at radius 1 is 0.931 bits per heavy atom. The minimum Gasteiger partial charge on any atom is -0.491 e. The van der Waals surface area contributed by atoms with Gasteiger partial charge in [-0.15, -0.1) is 0 Å². The number of pyridine rings is 1. The van der Waals surface area contributed by atoms with Crippen LogP contribution in [-0.4, -0.2) is 57.1 Å². The summed E-state index contributed by atoms with van der Waals surface area (Å²) in [5.41, 5.74) is 2.80. The Bertz CT molecular complexity index is 1030. The zero-order valence-electron chi connectivity index (χ0n) is 16.3. The molecule has 3 aromatic heterocycles. The van der Waals surface area contributed by atoms with Crippen molar-refractivity contribution in [1.29, 1.82) is 0 Å². The molecule has 1 aromatic carbocycles. The molecule has 0 aliphatic carbocycles. The first-order chi connectivity index (χ1) is 14.3. The van der Waals surface area contributed by atoms with Gasteiger partial charge in [-0.25, -0.2) is 15.0 Å². The maximum atomic E-state index is 5.73. The van der Waals surface area contributed by atoms with Crippen LogP contribution in [0.15, 0.2) is 61.6 Å². The Balaban J connectivity index is 1.41. The third kappa shape index (κ3) is 4.61. The van der Waals surface area contributed by atoms with Crippen molar-refractivity contribution in [1.82, 2.24) is 24.1 Å². The number of hydrogen-bond acceptors (Lipinski definition) is 6. The summed E-state index contributed by atoms with van der Waals surface area (Å²) in [7, 11) is 0. The molecule has 0 amide bonds. The van der Waals surface area contributed by atoms with Gasteiger partial charge in [-0.1, -0.05) is 0 Å². The second-order valence-corrected chi connectivity index (χ2v) is 6.27. The molecule has 4 aromatic rings. The van der Waals surface area contributed by atoms with Crippen LogP contribution in [0.5, 0.6) is 5.75 Å². The lowest BCUT2D eigenvalue weighted by atomic mass is 10.3. The monoisotopic (exact) mass is 393 g/mol. The third-order valence-electron chi connectivity index (χ3n) is 4.38. The van der Waals surface area contributed by atoms with Gasteiger partial charge in [-0.2, -0.15) is 0 Å². The van der Waals surface area contributed by atoms with Gasteiger partial charge >= 0.3 is 0 Å². The first kappa shape index (κ1) is 19.1. The fraction of sp³-hybridized carbons (Fsp3) is 0.286. The highest BCUT2D eigenvalue weighted by Crippen LogP contribution is 2.21. The third-order valence-corrected chi connectivity index (χ3v) is 4.38. The number of nitrogens with zero attached hydrogens (tertiary/aromatic N) is 5. The lowest BCUT2D eigenvalue weighted by Crippen LogP contribution is -2.10. The maximum Gasteiger partial charge on any atom is 0.140 e. The average Bonchev–Trinajstić information content (AvgIpc) is 3.43. The normalized spacial score (nSPS) is 11.2. The highest BCUT2D eigenvalue weighted by molar-refractivity contribution is 5.78. The predicted octanol–water partition coefficient (Wildman–Crippen LogP) is 3.04. The van der Waals surface area contributed by atoms with Crippen LogP contribution in [-0.2, 0) is 9.47 Å². The minimum absolute atomic E-state index is 0.499. The molecule has 0 saturated carbocycles. The molecule has 0 aliphatic rings. The van der Waals surface area contributed by atoms with Crippen molar-refractivity contribution in [2.45, 2.75) is 6.92 Å². The Morgan fingerprint density at radius 2 is 1.76 bits per heavy atom. The predicted molar refractivity (Wildman–Crippen MR) is 109 cm³/mol. The van der Waals surface area contributed by atoms with Crippen LogP contribution in [0.1, 0.15) is 6.92 Å². The van der Waals surface area contributed by atoms with E-state index in [-0.39, 0.29) is 0 Å². The van der Waals surface area contributed by atoms with E-state index in [4.69, 9.17) is 14.2 Å². The summed E-state index contributed by atoms with van der Waals surface area (Å²) in [6.07, 6.45) is 8.88. The van der Waals surface area contributed by atoms with E-state index in [1.807, 2.05) is 52.6 Å². The largest absolute Gasteiger partial charge is 0.491 e. The second kappa shape index (κ2) is 9.31. The van der Waals surface area contributed by atoms with Crippen LogP contribution in [0.3, 0.4) is 0 Å². The van der Waals surface area contributed by atoms with Crippen molar-refractivity contribution in [3.8, 4) is 17.3 Å².